The van der Waals surface area contributed by atoms with Gasteiger partial charge in [-0.3, -0.25) is 0 Å². The Balaban J connectivity index is 1.47. The number of aliphatic hydroxyl groups is 2. The van der Waals surface area contributed by atoms with Gasteiger partial charge >= 0.3 is 0 Å². The molecule has 0 bridgehead atoms. The first kappa shape index (κ1) is 27.3. The zero-order valence-electron chi connectivity index (χ0n) is 24.8. The van der Waals surface area contributed by atoms with Crippen molar-refractivity contribution in [2.75, 3.05) is 32.2 Å². The van der Waals surface area contributed by atoms with Crippen LogP contribution >= 0.6 is 0 Å². The molecule has 1 spiro atoms. The fraction of sp³-hybridized carbons (Fsp3) is 0.706. The minimum atomic E-state index is -1.00. The molecule has 1 heterocycles. The molecular formula is C34H47NO4. The Morgan fingerprint density at radius 1 is 0.974 bits per heavy atom. The summed E-state index contributed by atoms with van der Waals surface area (Å²) in [4.78, 5) is 2.13. The molecule has 6 atom stereocenters. The average Bonchev–Trinajstić information content (AvgIpc) is 3.43. The summed E-state index contributed by atoms with van der Waals surface area (Å²) in [5.41, 5.74) is 2.79. The molecule has 0 aromatic heterocycles. The minimum absolute atomic E-state index is 0.148. The summed E-state index contributed by atoms with van der Waals surface area (Å²) in [6, 6.07) is 8.94. The molecule has 6 rings (SSSR count). The summed E-state index contributed by atoms with van der Waals surface area (Å²) in [5.74, 6) is 7.05. The van der Waals surface area contributed by atoms with Gasteiger partial charge in [0.1, 0.15) is 5.60 Å². The molecule has 0 unspecified atom stereocenters. The molecule has 1 aromatic rings. The van der Waals surface area contributed by atoms with Crippen molar-refractivity contribution < 1.29 is 19.7 Å². The summed E-state index contributed by atoms with van der Waals surface area (Å²) >= 11 is 0. The Hall–Kier alpha value is -1.84. The van der Waals surface area contributed by atoms with E-state index in [0.717, 1.165) is 44.9 Å². The molecule has 1 aliphatic heterocycles. The standard InChI is InChI=1S/C34H47NO4/c1-30(2,3)17-18-33(37)15-12-27-25-11-14-32(36)22-34(38-19-20-39-34)16-13-28(32)29(25)26(21-31(27,33)4)23-7-9-24(10-8-23)35(5)6/h7-10,25-27,36-37H,11-16,19-22H2,1-6H3/t25-,26+,27-,31-,32+,33+/m0/s1. The Kier molecular flexibility index (Phi) is 6.37. The van der Waals surface area contributed by atoms with Crippen LogP contribution in [0.4, 0.5) is 5.69 Å². The van der Waals surface area contributed by atoms with Crippen molar-refractivity contribution in [3.05, 3.63) is 41.0 Å². The largest absolute Gasteiger partial charge is 0.385 e. The molecule has 3 saturated carbocycles. The first-order chi connectivity index (χ1) is 18.3. The van der Waals surface area contributed by atoms with Gasteiger partial charge in [-0.05, 0) is 94.4 Å². The summed E-state index contributed by atoms with van der Waals surface area (Å²) < 4.78 is 12.2. The number of benzene rings is 1. The normalized spacial score (nSPS) is 39.0. The number of fused-ring (bicyclic) bond motifs is 4. The average molecular weight is 534 g/mol. The number of hydrogen-bond acceptors (Lipinski definition) is 5. The highest BCUT2D eigenvalue weighted by atomic mass is 16.7. The molecule has 2 N–H and O–H groups in total. The second-order valence-corrected chi connectivity index (χ2v) is 14.6. The van der Waals surface area contributed by atoms with Gasteiger partial charge in [0.2, 0.25) is 0 Å². The van der Waals surface area contributed by atoms with Crippen LogP contribution in [0.1, 0.15) is 90.5 Å². The number of allylic oxidation sites excluding steroid dienone is 1. The lowest BCUT2D eigenvalue weighted by molar-refractivity contribution is -0.208. The summed E-state index contributed by atoms with van der Waals surface area (Å²) in [5, 5.41) is 24.4. The van der Waals surface area contributed by atoms with Crippen molar-refractivity contribution in [1.82, 2.24) is 0 Å². The van der Waals surface area contributed by atoms with Crippen molar-refractivity contribution in [2.24, 2.45) is 22.7 Å². The van der Waals surface area contributed by atoms with Crippen LogP contribution in [0, 0.1) is 34.5 Å². The van der Waals surface area contributed by atoms with Gasteiger partial charge in [0, 0.05) is 49.4 Å². The van der Waals surface area contributed by atoms with Crippen LogP contribution in [-0.4, -0.2) is 54.5 Å². The van der Waals surface area contributed by atoms with Crippen LogP contribution < -0.4 is 4.90 Å². The Labute approximate surface area is 235 Å². The van der Waals surface area contributed by atoms with Crippen molar-refractivity contribution in [3.63, 3.8) is 0 Å². The van der Waals surface area contributed by atoms with Crippen LogP contribution in [0.15, 0.2) is 35.4 Å². The van der Waals surface area contributed by atoms with Gasteiger partial charge in [0.25, 0.3) is 0 Å². The van der Waals surface area contributed by atoms with E-state index in [2.05, 4.69) is 82.8 Å². The fourth-order valence-electron chi connectivity index (χ4n) is 8.82. The van der Waals surface area contributed by atoms with E-state index < -0.39 is 17.0 Å². The predicted molar refractivity (Wildman–Crippen MR) is 154 cm³/mol. The molecule has 5 nitrogen and oxygen atoms in total. The van der Waals surface area contributed by atoms with E-state index in [4.69, 9.17) is 9.47 Å². The van der Waals surface area contributed by atoms with Gasteiger partial charge in [-0.2, -0.15) is 0 Å². The molecule has 0 amide bonds. The lowest BCUT2D eigenvalue weighted by atomic mass is 9.49. The zero-order valence-corrected chi connectivity index (χ0v) is 24.8. The number of rotatable bonds is 2. The highest BCUT2D eigenvalue weighted by molar-refractivity contribution is 5.50. The van der Waals surface area contributed by atoms with Crippen LogP contribution in [0.25, 0.3) is 0 Å². The second-order valence-electron chi connectivity index (χ2n) is 14.6. The monoisotopic (exact) mass is 533 g/mol. The highest BCUT2D eigenvalue weighted by Gasteiger charge is 2.64. The molecule has 1 saturated heterocycles. The van der Waals surface area contributed by atoms with E-state index in [0.29, 0.717) is 31.5 Å². The Bertz CT molecular complexity index is 1210. The first-order valence-electron chi connectivity index (χ1n) is 15.1. The van der Waals surface area contributed by atoms with Crippen molar-refractivity contribution >= 4 is 5.69 Å². The number of ether oxygens (including phenoxy) is 2. The van der Waals surface area contributed by atoms with E-state index in [1.54, 1.807) is 0 Å². The minimum Gasteiger partial charge on any atom is -0.385 e. The topological polar surface area (TPSA) is 62.2 Å². The lowest BCUT2D eigenvalue weighted by Gasteiger charge is -2.57. The third-order valence-corrected chi connectivity index (χ3v) is 10.8. The molecule has 5 aliphatic rings. The quantitative estimate of drug-likeness (QED) is 0.372. The number of anilines is 1. The zero-order chi connectivity index (χ0) is 27.8. The summed E-state index contributed by atoms with van der Waals surface area (Å²) in [6.07, 6.45) is 6.35. The molecule has 5 heteroatoms. The van der Waals surface area contributed by atoms with Gasteiger partial charge in [0.05, 0.1) is 18.8 Å². The Morgan fingerprint density at radius 2 is 1.67 bits per heavy atom. The van der Waals surface area contributed by atoms with Crippen LogP contribution in [-0.2, 0) is 9.47 Å². The van der Waals surface area contributed by atoms with Crippen LogP contribution in [0.5, 0.6) is 0 Å². The second kappa shape index (κ2) is 9.08. The molecule has 212 valence electrons. The summed E-state index contributed by atoms with van der Waals surface area (Å²) in [6.45, 7) is 9.88. The molecule has 1 aromatic carbocycles. The van der Waals surface area contributed by atoms with E-state index >= 15 is 0 Å². The van der Waals surface area contributed by atoms with Crippen molar-refractivity contribution in [1.29, 1.82) is 0 Å². The molecule has 4 fully saturated rings. The maximum atomic E-state index is 12.2. The van der Waals surface area contributed by atoms with E-state index in [1.807, 2.05) is 0 Å². The van der Waals surface area contributed by atoms with Gasteiger partial charge < -0.3 is 24.6 Å². The Morgan fingerprint density at radius 3 is 2.31 bits per heavy atom. The van der Waals surface area contributed by atoms with Gasteiger partial charge in [0.15, 0.2) is 5.79 Å². The number of hydrogen-bond donors (Lipinski definition) is 2. The maximum absolute atomic E-state index is 12.2. The third kappa shape index (κ3) is 4.38. The molecule has 4 aliphatic carbocycles. The predicted octanol–water partition coefficient (Wildman–Crippen LogP) is 5.80. The van der Waals surface area contributed by atoms with E-state index in [-0.39, 0.29) is 16.7 Å². The smallest absolute Gasteiger partial charge is 0.171 e. The van der Waals surface area contributed by atoms with Crippen LogP contribution in [0.3, 0.4) is 0 Å². The molecular weight excluding hydrogens is 486 g/mol. The van der Waals surface area contributed by atoms with Crippen LogP contribution in [0.2, 0.25) is 0 Å². The van der Waals surface area contributed by atoms with E-state index in [9.17, 15) is 10.2 Å². The van der Waals surface area contributed by atoms with Gasteiger partial charge in [-0.15, -0.1) is 0 Å². The molecule has 0 radical (unpaired) electrons. The number of nitrogens with zero attached hydrogens (tertiary/aromatic N) is 1. The maximum Gasteiger partial charge on any atom is 0.171 e. The lowest BCUT2D eigenvalue weighted by Crippen LogP contribution is -2.55. The summed E-state index contributed by atoms with van der Waals surface area (Å²) in [7, 11) is 4.14. The SMILES string of the molecule is CN(C)c1ccc([C@H]2C[C@@]3(C)[C@@H](CC[C@@]3(O)C#CC(C)(C)C)[C@@H]3CC[C@@]4(O)CC5(CCC4=C32)OCCO5)cc1. The highest BCUT2D eigenvalue weighted by Crippen LogP contribution is 2.68. The van der Waals surface area contributed by atoms with E-state index in [1.165, 1.54) is 22.4 Å². The fourth-order valence-corrected chi connectivity index (χ4v) is 8.82. The van der Waals surface area contributed by atoms with Crippen molar-refractivity contribution in [2.45, 2.75) is 102 Å². The molecule has 39 heavy (non-hydrogen) atoms. The third-order valence-electron chi connectivity index (χ3n) is 10.8. The van der Waals surface area contributed by atoms with Gasteiger partial charge in [-0.25, -0.2) is 0 Å². The van der Waals surface area contributed by atoms with Crippen molar-refractivity contribution in [3.8, 4) is 11.8 Å². The first-order valence-corrected chi connectivity index (χ1v) is 15.1. The van der Waals surface area contributed by atoms with Gasteiger partial charge in [-0.1, -0.05) is 36.5 Å².